The largest absolute Gasteiger partial charge is 0.465 e. The van der Waals surface area contributed by atoms with Crippen LogP contribution in [-0.2, 0) is 30.5 Å². The summed E-state index contributed by atoms with van der Waals surface area (Å²) in [7, 11) is 0. The normalized spacial score (nSPS) is 16.3. The first kappa shape index (κ1) is 14.2. The molecule has 2 aromatic heterocycles. The number of aromatic nitrogens is 1. The Hall–Kier alpha value is -2.36. The predicted molar refractivity (Wildman–Crippen MR) is 89.3 cm³/mol. The van der Waals surface area contributed by atoms with Crippen LogP contribution in [0.4, 0.5) is 5.69 Å². The van der Waals surface area contributed by atoms with Gasteiger partial charge in [0.1, 0.15) is 5.76 Å². The fourth-order valence-corrected chi connectivity index (χ4v) is 3.61. The summed E-state index contributed by atoms with van der Waals surface area (Å²) in [4.78, 5) is 17.2. The number of carbonyl (C=O) groups is 1. The molecule has 4 nitrogen and oxygen atoms in total. The highest BCUT2D eigenvalue weighted by atomic mass is 16.3. The van der Waals surface area contributed by atoms with Gasteiger partial charge < -0.3 is 9.73 Å². The smallest absolute Gasteiger partial charge is 0.248 e. The van der Waals surface area contributed by atoms with Crippen molar-refractivity contribution in [2.75, 3.05) is 5.32 Å². The van der Waals surface area contributed by atoms with Gasteiger partial charge in [0.2, 0.25) is 5.91 Å². The van der Waals surface area contributed by atoms with Crippen molar-refractivity contribution in [3.63, 3.8) is 0 Å². The Morgan fingerprint density at radius 3 is 2.61 bits per heavy atom. The topological polar surface area (TPSA) is 55.1 Å². The highest BCUT2D eigenvalue weighted by molar-refractivity contribution is 6.02. The Morgan fingerprint density at radius 2 is 1.83 bits per heavy atom. The first-order valence-electron chi connectivity index (χ1n) is 8.37. The number of anilines is 1. The molecule has 0 unspecified atom stereocenters. The van der Waals surface area contributed by atoms with E-state index in [1.165, 1.54) is 41.4 Å². The molecule has 2 heterocycles. The molecule has 0 spiro atoms. The van der Waals surface area contributed by atoms with Crippen LogP contribution in [0.15, 0.2) is 28.9 Å². The summed E-state index contributed by atoms with van der Waals surface area (Å²) in [6.07, 6.45) is 12.5. The van der Waals surface area contributed by atoms with Crippen molar-refractivity contribution in [1.82, 2.24) is 4.98 Å². The minimum absolute atomic E-state index is 0.102. The molecule has 118 valence electrons. The molecule has 0 aromatic carbocycles. The van der Waals surface area contributed by atoms with Crippen LogP contribution in [0.3, 0.4) is 0 Å². The van der Waals surface area contributed by atoms with Crippen LogP contribution < -0.4 is 5.32 Å². The van der Waals surface area contributed by atoms with Gasteiger partial charge in [-0.05, 0) is 74.3 Å². The molecule has 4 heteroatoms. The second-order valence-electron chi connectivity index (χ2n) is 6.24. The van der Waals surface area contributed by atoms with Crippen molar-refractivity contribution in [1.29, 1.82) is 0 Å². The van der Waals surface area contributed by atoms with Crippen LogP contribution in [0.5, 0.6) is 0 Å². The number of nitrogens with one attached hydrogen (secondary N) is 1. The number of nitrogens with zero attached hydrogens (tertiary/aromatic N) is 1. The van der Waals surface area contributed by atoms with E-state index in [1.54, 1.807) is 12.3 Å². The van der Waals surface area contributed by atoms with Gasteiger partial charge in [0.15, 0.2) is 0 Å². The molecule has 0 fully saturated rings. The lowest BCUT2D eigenvalue weighted by Crippen LogP contribution is -2.17. The number of hydrogen-bond acceptors (Lipinski definition) is 3. The molecule has 2 aromatic rings. The van der Waals surface area contributed by atoms with Gasteiger partial charge in [0.25, 0.3) is 0 Å². The number of fused-ring (bicyclic) bond motifs is 2. The third-order valence-electron chi connectivity index (χ3n) is 4.69. The Labute approximate surface area is 135 Å². The third kappa shape index (κ3) is 2.81. The van der Waals surface area contributed by atoms with Crippen molar-refractivity contribution in [3.8, 4) is 0 Å². The van der Waals surface area contributed by atoms with E-state index in [1.807, 2.05) is 12.1 Å². The van der Waals surface area contributed by atoms with Gasteiger partial charge in [-0.2, -0.15) is 0 Å². The molecule has 0 saturated carbocycles. The van der Waals surface area contributed by atoms with Gasteiger partial charge >= 0.3 is 0 Å². The van der Waals surface area contributed by atoms with Gasteiger partial charge in [0, 0.05) is 17.5 Å². The van der Waals surface area contributed by atoms with Crippen LogP contribution in [0.25, 0.3) is 6.08 Å². The molecule has 2 aliphatic carbocycles. The zero-order chi connectivity index (χ0) is 15.6. The fourth-order valence-electron chi connectivity index (χ4n) is 3.61. The molecule has 4 rings (SSSR count). The van der Waals surface area contributed by atoms with Crippen LogP contribution in [0, 0.1) is 0 Å². The molecule has 23 heavy (non-hydrogen) atoms. The van der Waals surface area contributed by atoms with E-state index in [0.717, 1.165) is 37.8 Å². The zero-order valence-corrected chi connectivity index (χ0v) is 13.1. The number of furan rings is 1. The fraction of sp³-hybridized carbons (Fsp3) is 0.368. The van der Waals surface area contributed by atoms with Crippen molar-refractivity contribution in [2.24, 2.45) is 0 Å². The third-order valence-corrected chi connectivity index (χ3v) is 4.69. The molecule has 0 saturated heterocycles. The van der Waals surface area contributed by atoms with E-state index in [9.17, 15) is 4.79 Å². The first-order chi connectivity index (χ1) is 11.3. The number of rotatable bonds is 3. The van der Waals surface area contributed by atoms with Crippen LogP contribution >= 0.6 is 0 Å². The van der Waals surface area contributed by atoms with E-state index >= 15 is 0 Å². The van der Waals surface area contributed by atoms with Gasteiger partial charge in [-0.3, -0.25) is 9.78 Å². The van der Waals surface area contributed by atoms with Gasteiger partial charge in [-0.15, -0.1) is 0 Å². The maximum atomic E-state index is 12.3. The van der Waals surface area contributed by atoms with E-state index < -0.39 is 0 Å². The predicted octanol–water partition coefficient (Wildman–Crippen LogP) is 3.69. The SMILES string of the molecule is O=C(C=Cc1ccco1)Nc1c2c(nc3c1CCC3)CCCC2. The number of aryl methyl sites for hydroxylation is 2. The summed E-state index contributed by atoms with van der Waals surface area (Å²) < 4.78 is 5.22. The molecule has 0 aliphatic heterocycles. The highest BCUT2D eigenvalue weighted by Gasteiger charge is 2.25. The lowest BCUT2D eigenvalue weighted by molar-refractivity contribution is -0.111. The molecular formula is C19H20N2O2. The molecular weight excluding hydrogens is 288 g/mol. The quantitative estimate of drug-likeness (QED) is 0.880. The van der Waals surface area contributed by atoms with E-state index in [0.29, 0.717) is 5.76 Å². The summed E-state index contributed by atoms with van der Waals surface area (Å²) in [5.41, 5.74) is 5.94. The standard InChI is InChI=1S/C19H20N2O2/c22-18(11-10-13-5-4-12-23-13)21-19-14-6-1-2-8-16(14)20-17-9-3-7-15(17)19/h4-5,10-12H,1-3,6-9H2,(H,20,21,22). The van der Waals surface area contributed by atoms with Crippen LogP contribution in [0.1, 0.15) is 47.5 Å². The Kier molecular flexibility index (Phi) is 3.74. The number of amides is 1. The summed E-state index contributed by atoms with van der Waals surface area (Å²) in [5, 5.41) is 3.13. The highest BCUT2D eigenvalue weighted by Crippen LogP contribution is 2.35. The summed E-state index contributed by atoms with van der Waals surface area (Å²) in [5.74, 6) is 0.580. The van der Waals surface area contributed by atoms with Crippen molar-refractivity contribution in [2.45, 2.75) is 44.9 Å². The maximum Gasteiger partial charge on any atom is 0.248 e. The Morgan fingerprint density at radius 1 is 1.09 bits per heavy atom. The lowest BCUT2D eigenvalue weighted by atomic mass is 9.92. The Balaban J connectivity index is 1.63. The minimum atomic E-state index is -0.102. The van der Waals surface area contributed by atoms with Crippen LogP contribution in [0.2, 0.25) is 0 Å². The Bertz CT molecular complexity index is 760. The maximum absolute atomic E-state index is 12.3. The number of pyridine rings is 1. The van der Waals surface area contributed by atoms with Crippen molar-refractivity contribution < 1.29 is 9.21 Å². The molecule has 0 radical (unpaired) electrons. The van der Waals surface area contributed by atoms with E-state index in [-0.39, 0.29) is 5.91 Å². The lowest BCUT2D eigenvalue weighted by Gasteiger charge is -2.21. The van der Waals surface area contributed by atoms with E-state index in [2.05, 4.69) is 5.32 Å². The second kappa shape index (κ2) is 6.03. The average Bonchev–Trinajstić information content (AvgIpc) is 3.24. The van der Waals surface area contributed by atoms with Crippen molar-refractivity contribution >= 4 is 17.7 Å². The molecule has 2 aliphatic rings. The van der Waals surface area contributed by atoms with Crippen molar-refractivity contribution in [3.05, 3.63) is 52.7 Å². The zero-order valence-electron chi connectivity index (χ0n) is 13.1. The summed E-state index contributed by atoms with van der Waals surface area (Å²) >= 11 is 0. The molecule has 0 atom stereocenters. The molecule has 1 amide bonds. The summed E-state index contributed by atoms with van der Waals surface area (Å²) in [6, 6.07) is 3.64. The average molecular weight is 308 g/mol. The van der Waals surface area contributed by atoms with Crippen LogP contribution in [-0.4, -0.2) is 10.9 Å². The number of carbonyl (C=O) groups excluding carboxylic acids is 1. The van der Waals surface area contributed by atoms with E-state index in [4.69, 9.17) is 9.40 Å². The van der Waals surface area contributed by atoms with Gasteiger partial charge in [-0.25, -0.2) is 0 Å². The molecule has 0 bridgehead atoms. The number of hydrogen-bond donors (Lipinski definition) is 1. The second-order valence-corrected chi connectivity index (χ2v) is 6.24. The van der Waals surface area contributed by atoms with Gasteiger partial charge in [-0.1, -0.05) is 0 Å². The summed E-state index contributed by atoms with van der Waals surface area (Å²) in [6.45, 7) is 0. The minimum Gasteiger partial charge on any atom is -0.465 e. The molecule has 1 N–H and O–H groups in total. The van der Waals surface area contributed by atoms with Gasteiger partial charge in [0.05, 0.1) is 12.0 Å². The first-order valence-corrected chi connectivity index (χ1v) is 8.37. The monoisotopic (exact) mass is 308 g/mol.